The van der Waals surface area contributed by atoms with Crippen molar-refractivity contribution >= 4 is 11.4 Å². The molecule has 0 aliphatic rings. The third kappa shape index (κ3) is 3.93. The predicted octanol–water partition coefficient (Wildman–Crippen LogP) is 2.29. The lowest BCUT2D eigenvalue weighted by Crippen LogP contribution is -2.24. The van der Waals surface area contributed by atoms with Gasteiger partial charge < -0.3 is 10.4 Å². The van der Waals surface area contributed by atoms with Gasteiger partial charge in [0.1, 0.15) is 17.3 Å². The van der Waals surface area contributed by atoms with Crippen LogP contribution in [0.1, 0.15) is 25.8 Å². The maximum absolute atomic E-state index is 11.0. The van der Waals surface area contributed by atoms with Crippen LogP contribution < -0.4 is 5.32 Å². The second-order valence-corrected chi connectivity index (χ2v) is 5.06. The number of aliphatic hydroxyl groups excluding tert-OH is 1. The molecule has 0 aliphatic heterocycles. The van der Waals surface area contributed by atoms with Gasteiger partial charge in [0, 0.05) is 13.2 Å². The number of nitriles is 1. The number of nitro groups is 1. The molecule has 0 unspecified atom stereocenters. The number of nitrogens with one attached hydrogen (secondary N) is 1. The quantitative estimate of drug-likeness (QED) is 0.606. The van der Waals surface area contributed by atoms with E-state index in [-0.39, 0.29) is 23.3 Å². The van der Waals surface area contributed by atoms with Crippen LogP contribution in [-0.4, -0.2) is 23.2 Å². The van der Waals surface area contributed by atoms with E-state index in [2.05, 4.69) is 5.32 Å². The first-order valence-corrected chi connectivity index (χ1v) is 5.93. The van der Waals surface area contributed by atoms with Crippen LogP contribution in [0.3, 0.4) is 0 Å². The number of nitro benzene ring substituents is 1. The average molecular weight is 263 g/mol. The minimum absolute atomic E-state index is 0.0370. The van der Waals surface area contributed by atoms with E-state index >= 15 is 0 Å². The molecule has 0 aliphatic carbocycles. The van der Waals surface area contributed by atoms with Crippen molar-refractivity contribution in [3.8, 4) is 6.07 Å². The van der Waals surface area contributed by atoms with Crippen molar-refractivity contribution in [1.82, 2.24) is 0 Å². The molecule has 0 fully saturated rings. The Balaban J connectivity index is 2.96. The Morgan fingerprint density at radius 3 is 2.74 bits per heavy atom. The second kappa shape index (κ2) is 6.16. The van der Waals surface area contributed by atoms with Gasteiger partial charge in [0.2, 0.25) is 0 Å². The second-order valence-electron chi connectivity index (χ2n) is 5.06. The SMILES string of the molecule is CC(C)(CCO)CNc1cccc(C#N)c1[N+](=O)[O-]. The number of nitrogens with zero attached hydrogens (tertiary/aromatic N) is 2. The maximum atomic E-state index is 11.0. The van der Waals surface area contributed by atoms with Crippen LogP contribution in [0.2, 0.25) is 0 Å². The zero-order valence-electron chi connectivity index (χ0n) is 11.0. The van der Waals surface area contributed by atoms with Crippen LogP contribution in [0.5, 0.6) is 0 Å². The number of hydrogen-bond donors (Lipinski definition) is 2. The van der Waals surface area contributed by atoms with Gasteiger partial charge in [-0.05, 0) is 24.0 Å². The first-order chi connectivity index (χ1) is 8.91. The van der Waals surface area contributed by atoms with E-state index in [1.54, 1.807) is 12.1 Å². The third-order valence-electron chi connectivity index (χ3n) is 2.89. The summed E-state index contributed by atoms with van der Waals surface area (Å²) in [7, 11) is 0. The Morgan fingerprint density at radius 2 is 2.21 bits per heavy atom. The lowest BCUT2D eigenvalue weighted by atomic mass is 9.89. The minimum atomic E-state index is -0.556. The smallest absolute Gasteiger partial charge is 0.309 e. The highest BCUT2D eigenvalue weighted by atomic mass is 16.6. The van der Waals surface area contributed by atoms with Gasteiger partial charge in [0.25, 0.3) is 0 Å². The van der Waals surface area contributed by atoms with E-state index in [4.69, 9.17) is 10.4 Å². The van der Waals surface area contributed by atoms with Gasteiger partial charge in [-0.1, -0.05) is 19.9 Å². The number of anilines is 1. The molecule has 0 bridgehead atoms. The lowest BCUT2D eigenvalue weighted by molar-refractivity contribution is -0.384. The van der Waals surface area contributed by atoms with Gasteiger partial charge in [-0.3, -0.25) is 10.1 Å². The van der Waals surface area contributed by atoms with Crippen molar-refractivity contribution in [2.75, 3.05) is 18.5 Å². The van der Waals surface area contributed by atoms with E-state index in [1.165, 1.54) is 6.07 Å². The molecule has 102 valence electrons. The molecule has 0 amide bonds. The lowest BCUT2D eigenvalue weighted by Gasteiger charge is -2.24. The summed E-state index contributed by atoms with van der Waals surface area (Å²) < 4.78 is 0. The zero-order chi connectivity index (χ0) is 14.5. The fourth-order valence-electron chi connectivity index (χ4n) is 1.70. The van der Waals surface area contributed by atoms with Gasteiger partial charge in [0.05, 0.1) is 4.92 Å². The molecule has 0 saturated heterocycles. The summed E-state index contributed by atoms with van der Waals surface area (Å²) in [6.45, 7) is 4.45. The molecule has 1 aromatic carbocycles. The van der Waals surface area contributed by atoms with Crippen molar-refractivity contribution in [2.24, 2.45) is 5.41 Å². The van der Waals surface area contributed by atoms with Gasteiger partial charge in [0.15, 0.2) is 0 Å². The maximum Gasteiger partial charge on any atom is 0.309 e. The van der Waals surface area contributed by atoms with Crippen LogP contribution in [0, 0.1) is 26.9 Å². The molecular formula is C13H17N3O3. The molecule has 0 radical (unpaired) electrons. The van der Waals surface area contributed by atoms with E-state index in [1.807, 2.05) is 19.9 Å². The molecular weight excluding hydrogens is 246 g/mol. The average Bonchev–Trinajstić information content (AvgIpc) is 2.35. The molecule has 1 aromatic rings. The fraction of sp³-hybridized carbons (Fsp3) is 0.462. The molecule has 19 heavy (non-hydrogen) atoms. The van der Waals surface area contributed by atoms with Gasteiger partial charge in [-0.2, -0.15) is 5.26 Å². The Bertz CT molecular complexity index is 506. The summed E-state index contributed by atoms with van der Waals surface area (Å²) in [4.78, 5) is 10.5. The molecule has 0 saturated carbocycles. The highest BCUT2D eigenvalue weighted by molar-refractivity contribution is 5.68. The van der Waals surface area contributed by atoms with Crippen molar-refractivity contribution in [2.45, 2.75) is 20.3 Å². The van der Waals surface area contributed by atoms with Crippen LogP contribution in [0.25, 0.3) is 0 Å². The topological polar surface area (TPSA) is 99.2 Å². The van der Waals surface area contributed by atoms with Crippen molar-refractivity contribution < 1.29 is 10.0 Å². The number of hydrogen-bond acceptors (Lipinski definition) is 5. The Morgan fingerprint density at radius 1 is 1.53 bits per heavy atom. The molecule has 0 heterocycles. The molecule has 0 aromatic heterocycles. The van der Waals surface area contributed by atoms with E-state index in [0.29, 0.717) is 18.7 Å². The number of rotatable bonds is 6. The Hall–Kier alpha value is -2.13. The van der Waals surface area contributed by atoms with E-state index < -0.39 is 4.92 Å². The van der Waals surface area contributed by atoms with Crippen LogP contribution in [0.4, 0.5) is 11.4 Å². The predicted molar refractivity (Wildman–Crippen MR) is 71.8 cm³/mol. The molecule has 1 rings (SSSR count). The summed E-state index contributed by atoms with van der Waals surface area (Å²) in [6.07, 6.45) is 0.589. The summed E-state index contributed by atoms with van der Waals surface area (Å²) in [5.41, 5.74) is -0.0273. The van der Waals surface area contributed by atoms with Crippen molar-refractivity contribution in [3.05, 3.63) is 33.9 Å². The van der Waals surface area contributed by atoms with Gasteiger partial charge >= 0.3 is 5.69 Å². The number of aliphatic hydroxyl groups is 1. The monoisotopic (exact) mass is 263 g/mol. The number of benzene rings is 1. The highest BCUT2D eigenvalue weighted by Crippen LogP contribution is 2.29. The Kier molecular flexibility index (Phi) is 4.84. The first-order valence-electron chi connectivity index (χ1n) is 5.93. The summed E-state index contributed by atoms with van der Waals surface area (Å²) in [6, 6.07) is 6.42. The normalized spacial score (nSPS) is 10.8. The largest absolute Gasteiger partial charge is 0.396 e. The minimum Gasteiger partial charge on any atom is -0.396 e. The molecule has 6 nitrogen and oxygen atoms in total. The Labute approximate surface area is 111 Å². The van der Waals surface area contributed by atoms with Crippen molar-refractivity contribution in [3.63, 3.8) is 0 Å². The van der Waals surface area contributed by atoms with Crippen molar-refractivity contribution in [1.29, 1.82) is 5.26 Å². The van der Waals surface area contributed by atoms with Crippen LogP contribution in [-0.2, 0) is 0 Å². The molecule has 2 N–H and O–H groups in total. The summed E-state index contributed by atoms with van der Waals surface area (Å²) >= 11 is 0. The summed E-state index contributed by atoms with van der Waals surface area (Å²) in [5.74, 6) is 0. The number of para-hydroxylation sites is 1. The summed E-state index contributed by atoms with van der Waals surface area (Å²) in [5, 5.41) is 31.9. The molecule has 0 atom stereocenters. The molecule has 0 spiro atoms. The molecule has 6 heteroatoms. The zero-order valence-corrected chi connectivity index (χ0v) is 11.0. The third-order valence-corrected chi connectivity index (χ3v) is 2.89. The van der Waals surface area contributed by atoms with E-state index in [9.17, 15) is 10.1 Å². The highest BCUT2D eigenvalue weighted by Gasteiger charge is 2.22. The first kappa shape index (κ1) is 14.9. The van der Waals surface area contributed by atoms with Gasteiger partial charge in [-0.25, -0.2) is 0 Å². The van der Waals surface area contributed by atoms with E-state index in [0.717, 1.165) is 0 Å². The van der Waals surface area contributed by atoms with Crippen LogP contribution >= 0.6 is 0 Å². The fourth-order valence-corrected chi connectivity index (χ4v) is 1.70. The standard InChI is InChI=1S/C13H17N3O3/c1-13(2,6-7-17)9-15-11-5-3-4-10(8-14)12(11)16(18)19/h3-5,15,17H,6-7,9H2,1-2H3. The van der Waals surface area contributed by atoms with Gasteiger partial charge in [-0.15, -0.1) is 0 Å². The van der Waals surface area contributed by atoms with Crippen LogP contribution in [0.15, 0.2) is 18.2 Å².